The average molecular weight is 247 g/mol. The lowest BCUT2D eigenvalue weighted by Crippen LogP contribution is -2.41. The summed E-state index contributed by atoms with van der Waals surface area (Å²) in [5, 5.41) is 0. The van der Waals surface area contributed by atoms with Gasteiger partial charge in [-0.25, -0.2) is 0 Å². The summed E-state index contributed by atoms with van der Waals surface area (Å²) in [6.07, 6.45) is 1.21. The van der Waals surface area contributed by atoms with Gasteiger partial charge in [-0.1, -0.05) is 12.1 Å². The van der Waals surface area contributed by atoms with E-state index >= 15 is 0 Å². The van der Waals surface area contributed by atoms with Gasteiger partial charge in [-0.05, 0) is 30.0 Å². The molecule has 0 radical (unpaired) electrons. The lowest BCUT2D eigenvalue weighted by molar-refractivity contribution is -0.145. The van der Waals surface area contributed by atoms with Crippen LogP contribution in [0.5, 0.6) is 5.75 Å². The number of likely N-dealkylation sites (tertiary alicyclic amines) is 1. The molecule has 1 unspecified atom stereocenters. The van der Waals surface area contributed by atoms with Crippen LogP contribution in [0.4, 0.5) is 0 Å². The van der Waals surface area contributed by atoms with Crippen molar-refractivity contribution in [2.75, 3.05) is 13.7 Å². The molecule has 4 nitrogen and oxygen atoms in total. The van der Waals surface area contributed by atoms with Crippen LogP contribution < -0.4 is 4.74 Å². The van der Waals surface area contributed by atoms with Crippen LogP contribution in [0.1, 0.15) is 31.2 Å². The summed E-state index contributed by atoms with van der Waals surface area (Å²) in [6, 6.07) is 7.78. The Kier molecular flexibility index (Phi) is 3.65. The molecule has 1 aromatic rings. The molecule has 1 atom stereocenters. The first-order chi connectivity index (χ1) is 8.61. The molecule has 1 aromatic carbocycles. The summed E-state index contributed by atoms with van der Waals surface area (Å²) in [7, 11) is 1.63. The number of nitrogens with zero attached hydrogens (tertiary/aromatic N) is 1. The van der Waals surface area contributed by atoms with E-state index in [0.29, 0.717) is 13.0 Å². The molecule has 2 rings (SSSR count). The van der Waals surface area contributed by atoms with Crippen molar-refractivity contribution in [3.05, 3.63) is 29.8 Å². The van der Waals surface area contributed by atoms with Crippen LogP contribution in [-0.2, 0) is 9.59 Å². The molecule has 1 heterocycles. The minimum absolute atomic E-state index is 0.0819. The molecule has 0 aliphatic carbocycles. The summed E-state index contributed by atoms with van der Waals surface area (Å²) in [4.78, 5) is 24.4. The maximum atomic E-state index is 11.8. The molecule has 1 saturated heterocycles. The number of hydrogen-bond donors (Lipinski definition) is 0. The molecule has 1 aliphatic heterocycles. The number of methoxy groups -OCH3 is 1. The fourth-order valence-electron chi connectivity index (χ4n) is 2.35. The van der Waals surface area contributed by atoms with Gasteiger partial charge < -0.3 is 4.74 Å². The minimum Gasteiger partial charge on any atom is -0.497 e. The first-order valence-corrected chi connectivity index (χ1v) is 6.06. The highest BCUT2D eigenvalue weighted by molar-refractivity contribution is 5.95. The standard InChI is InChI=1S/C14H17NO3/c1-10(16)15-7-6-12(9-14(15)17)11-4-3-5-13(8-11)18-2/h3-5,8,12H,6-7,9H2,1-2H3. The number of piperidine rings is 1. The van der Waals surface area contributed by atoms with Gasteiger partial charge in [0.2, 0.25) is 11.8 Å². The molecule has 18 heavy (non-hydrogen) atoms. The third-order valence-corrected chi connectivity index (χ3v) is 3.37. The zero-order valence-electron chi connectivity index (χ0n) is 10.7. The smallest absolute Gasteiger partial charge is 0.229 e. The van der Waals surface area contributed by atoms with Gasteiger partial charge in [-0.2, -0.15) is 0 Å². The largest absolute Gasteiger partial charge is 0.497 e. The predicted octanol–water partition coefficient (Wildman–Crippen LogP) is 1.95. The first kappa shape index (κ1) is 12.6. The van der Waals surface area contributed by atoms with Crippen LogP contribution in [-0.4, -0.2) is 30.4 Å². The predicted molar refractivity (Wildman–Crippen MR) is 67.4 cm³/mol. The molecular formula is C14H17NO3. The Bertz CT molecular complexity index is 470. The fraction of sp³-hybridized carbons (Fsp3) is 0.429. The van der Waals surface area contributed by atoms with E-state index in [1.54, 1.807) is 7.11 Å². The number of carbonyl (C=O) groups excluding carboxylic acids is 2. The van der Waals surface area contributed by atoms with Crippen LogP contribution in [0.15, 0.2) is 24.3 Å². The van der Waals surface area contributed by atoms with Crippen LogP contribution >= 0.6 is 0 Å². The fourth-order valence-corrected chi connectivity index (χ4v) is 2.35. The second-order valence-corrected chi connectivity index (χ2v) is 4.53. The van der Waals surface area contributed by atoms with Crippen LogP contribution in [0.2, 0.25) is 0 Å². The molecule has 1 aliphatic rings. The Hall–Kier alpha value is -1.84. The first-order valence-electron chi connectivity index (χ1n) is 6.06. The van der Waals surface area contributed by atoms with E-state index in [2.05, 4.69) is 0 Å². The highest BCUT2D eigenvalue weighted by atomic mass is 16.5. The van der Waals surface area contributed by atoms with Crippen LogP contribution in [0.3, 0.4) is 0 Å². The number of imide groups is 1. The number of hydrogen-bond acceptors (Lipinski definition) is 3. The van der Waals surface area contributed by atoms with Crippen molar-refractivity contribution < 1.29 is 14.3 Å². The van der Waals surface area contributed by atoms with Crippen LogP contribution in [0.25, 0.3) is 0 Å². The van der Waals surface area contributed by atoms with E-state index in [4.69, 9.17) is 4.74 Å². The second kappa shape index (κ2) is 5.21. The summed E-state index contributed by atoms with van der Waals surface area (Å²) in [5.74, 6) is 0.739. The minimum atomic E-state index is -0.163. The number of benzene rings is 1. The van der Waals surface area contributed by atoms with E-state index in [-0.39, 0.29) is 17.7 Å². The lowest BCUT2D eigenvalue weighted by atomic mass is 9.89. The SMILES string of the molecule is COc1cccc(C2CCN(C(C)=O)C(=O)C2)c1. The van der Waals surface area contributed by atoms with E-state index in [9.17, 15) is 9.59 Å². The summed E-state index contributed by atoms with van der Waals surface area (Å²) in [6.45, 7) is 1.94. The molecule has 96 valence electrons. The van der Waals surface area contributed by atoms with E-state index < -0.39 is 0 Å². The van der Waals surface area contributed by atoms with Crippen molar-refractivity contribution in [1.82, 2.24) is 4.90 Å². The maximum Gasteiger partial charge on any atom is 0.229 e. The Balaban J connectivity index is 2.12. The Morgan fingerprint density at radius 1 is 1.44 bits per heavy atom. The van der Waals surface area contributed by atoms with Gasteiger partial charge in [0.05, 0.1) is 7.11 Å². The van der Waals surface area contributed by atoms with E-state index in [1.807, 2.05) is 24.3 Å². The zero-order valence-corrected chi connectivity index (χ0v) is 10.7. The number of carbonyl (C=O) groups is 2. The highest BCUT2D eigenvalue weighted by Crippen LogP contribution is 2.30. The molecule has 2 amide bonds. The topological polar surface area (TPSA) is 46.6 Å². The summed E-state index contributed by atoms with van der Waals surface area (Å²) < 4.78 is 5.18. The van der Waals surface area contributed by atoms with Crippen molar-refractivity contribution in [1.29, 1.82) is 0 Å². The van der Waals surface area contributed by atoms with Gasteiger partial charge in [0, 0.05) is 19.9 Å². The van der Waals surface area contributed by atoms with Gasteiger partial charge >= 0.3 is 0 Å². The Morgan fingerprint density at radius 3 is 2.83 bits per heavy atom. The number of amides is 2. The number of ether oxygens (including phenoxy) is 1. The van der Waals surface area contributed by atoms with Gasteiger partial charge in [-0.3, -0.25) is 14.5 Å². The molecule has 4 heteroatoms. The molecule has 0 N–H and O–H groups in total. The Morgan fingerprint density at radius 2 is 2.22 bits per heavy atom. The monoisotopic (exact) mass is 247 g/mol. The summed E-state index contributed by atoms with van der Waals surface area (Å²) in [5.41, 5.74) is 1.10. The molecular weight excluding hydrogens is 230 g/mol. The Labute approximate surface area is 107 Å². The second-order valence-electron chi connectivity index (χ2n) is 4.53. The van der Waals surface area contributed by atoms with Crippen molar-refractivity contribution in [2.24, 2.45) is 0 Å². The van der Waals surface area contributed by atoms with E-state index in [0.717, 1.165) is 17.7 Å². The third kappa shape index (κ3) is 2.53. The summed E-state index contributed by atoms with van der Waals surface area (Å²) >= 11 is 0. The van der Waals surface area contributed by atoms with Crippen molar-refractivity contribution >= 4 is 11.8 Å². The van der Waals surface area contributed by atoms with Crippen molar-refractivity contribution in [3.63, 3.8) is 0 Å². The molecule has 0 saturated carbocycles. The molecule has 1 fully saturated rings. The van der Waals surface area contributed by atoms with Gasteiger partial charge in [0.1, 0.15) is 5.75 Å². The van der Waals surface area contributed by atoms with Crippen molar-refractivity contribution in [2.45, 2.75) is 25.7 Å². The highest BCUT2D eigenvalue weighted by Gasteiger charge is 2.28. The maximum absolute atomic E-state index is 11.8. The normalized spacial score (nSPS) is 19.8. The molecule has 0 bridgehead atoms. The van der Waals surface area contributed by atoms with Gasteiger partial charge in [-0.15, -0.1) is 0 Å². The molecule has 0 aromatic heterocycles. The third-order valence-electron chi connectivity index (χ3n) is 3.37. The quantitative estimate of drug-likeness (QED) is 0.802. The average Bonchev–Trinajstić information content (AvgIpc) is 2.38. The zero-order chi connectivity index (χ0) is 13.1. The van der Waals surface area contributed by atoms with Crippen molar-refractivity contribution in [3.8, 4) is 5.75 Å². The van der Waals surface area contributed by atoms with E-state index in [1.165, 1.54) is 11.8 Å². The lowest BCUT2D eigenvalue weighted by Gasteiger charge is -2.29. The number of rotatable bonds is 2. The van der Waals surface area contributed by atoms with Gasteiger partial charge in [0.15, 0.2) is 0 Å². The molecule has 0 spiro atoms. The van der Waals surface area contributed by atoms with Crippen LogP contribution in [0, 0.1) is 0 Å². The van der Waals surface area contributed by atoms with Gasteiger partial charge in [0.25, 0.3) is 0 Å².